The number of carbonyl (C=O) groups is 1. The summed E-state index contributed by atoms with van der Waals surface area (Å²) in [5.41, 5.74) is 3.37. The van der Waals surface area contributed by atoms with Gasteiger partial charge in [0.2, 0.25) is 0 Å². The van der Waals surface area contributed by atoms with Crippen LogP contribution in [0.2, 0.25) is 0 Å². The summed E-state index contributed by atoms with van der Waals surface area (Å²) in [6, 6.07) is 16.6. The minimum atomic E-state index is -1.02. The maximum atomic E-state index is 13.6. The number of aromatic nitrogens is 1. The first-order valence-electron chi connectivity index (χ1n) is 10.4. The average molecular weight is 448 g/mol. The maximum Gasteiger partial charge on any atom is 0.326 e. The highest BCUT2D eigenvalue weighted by atomic mass is 19.1. The molecular weight excluding hydrogens is 427 g/mol. The number of fused-ring (bicyclic) bond motifs is 2. The molecule has 1 aromatic heterocycles. The molecule has 0 amide bonds. The van der Waals surface area contributed by atoms with Gasteiger partial charge in [0.15, 0.2) is 17.1 Å². The predicted molar refractivity (Wildman–Crippen MR) is 119 cm³/mol. The Bertz CT molecular complexity index is 1320. The second-order valence-corrected chi connectivity index (χ2v) is 7.80. The molecule has 0 radical (unpaired) electrons. The highest BCUT2D eigenvalue weighted by Gasteiger charge is 2.36. The molecule has 7 nitrogen and oxygen atoms in total. The molecule has 0 fully saturated rings. The first-order valence-corrected chi connectivity index (χ1v) is 10.4. The molecule has 0 bridgehead atoms. The molecule has 168 valence electrons. The molecule has 1 atom stereocenters. The lowest BCUT2D eigenvalue weighted by atomic mass is 9.93. The molecule has 1 N–H and O–H groups in total. The second-order valence-electron chi connectivity index (χ2n) is 7.80. The van der Waals surface area contributed by atoms with Gasteiger partial charge in [-0.1, -0.05) is 36.4 Å². The van der Waals surface area contributed by atoms with E-state index in [1.54, 1.807) is 18.1 Å². The molecule has 1 aliphatic heterocycles. The van der Waals surface area contributed by atoms with Crippen molar-refractivity contribution in [2.75, 3.05) is 12.0 Å². The Morgan fingerprint density at radius 1 is 1.21 bits per heavy atom. The quantitative estimate of drug-likeness (QED) is 0.462. The van der Waals surface area contributed by atoms with E-state index >= 15 is 0 Å². The van der Waals surface area contributed by atoms with Crippen LogP contribution in [-0.2, 0) is 24.4 Å². The minimum Gasteiger partial charge on any atom is -0.493 e. The molecule has 4 aromatic rings. The van der Waals surface area contributed by atoms with Gasteiger partial charge in [-0.3, -0.25) is 0 Å². The summed E-state index contributed by atoms with van der Waals surface area (Å²) >= 11 is 0. The van der Waals surface area contributed by atoms with Crippen LogP contribution in [0.4, 0.5) is 10.4 Å². The van der Waals surface area contributed by atoms with Crippen molar-refractivity contribution >= 4 is 23.1 Å². The summed E-state index contributed by atoms with van der Waals surface area (Å²) in [4.78, 5) is 18.2. The highest BCUT2D eigenvalue weighted by Crippen LogP contribution is 2.40. The van der Waals surface area contributed by atoms with Crippen LogP contribution in [0.25, 0.3) is 11.1 Å². The van der Waals surface area contributed by atoms with Crippen LogP contribution in [0.5, 0.6) is 11.5 Å². The SMILES string of the molecule is COc1ccc2c(c1OCc1ccccc1)CC(C(=O)O)N(c1nc3ccc(F)cc3o1)C2. The normalized spacial score (nSPS) is 15.3. The van der Waals surface area contributed by atoms with Gasteiger partial charge < -0.3 is 23.9 Å². The molecule has 8 heteroatoms. The highest BCUT2D eigenvalue weighted by molar-refractivity contribution is 5.81. The number of rotatable bonds is 6. The molecule has 3 aromatic carbocycles. The van der Waals surface area contributed by atoms with Crippen molar-refractivity contribution in [3.05, 3.63) is 83.2 Å². The summed E-state index contributed by atoms with van der Waals surface area (Å²) in [6.45, 7) is 0.569. The van der Waals surface area contributed by atoms with E-state index < -0.39 is 17.8 Å². The van der Waals surface area contributed by atoms with E-state index in [0.29, 0.717) is 23.6 Å². The number of hydrogen-bond donors (Lipinski definition) is 1. The Hall–Kier alpha value is -4.07. The van der Waals surface area contributed by atoms with E-state index in [0.717, 1.165) is 16.7 Å². The zero-order chi connectivity index (χ0) is 22.9. The monoisotopic (exact) mass is 448 g/mol. The Morgan fingerprint density at radius 2 is 2.03 bits per heavy atom. The summed E-state index contributed by atoms with van der Waals surface area (Å²) in [5.74, 6) is -0.397. The predicted octanol–water partition coefficient (Wildman–Crippen LogP) is 4.57. The molecule has 0 saturated heterocycles. The number of nitrogens with zero attached hydrogens (tertiary/aromatic N) is 2. The summed E-state index contributed by atoms with van der Waals surface area (Å²) in [5, 5.41) is 10.00. The fraction of sp³-hybridized carbons (Fsp3) is 0.200. The van der Waals surface area contributed by atoms with Gasteiger partial charge in [-0.15, -0.1) is 0 Å². The Morgan fingerprint density at radius 3 is 2.79 bits per heavy atom. The lowest BCUT2D eigenvalue weighted by molar-refractivity contribution is -0.138. The number of carboxylic acids is 1. The van der Waals surface area contributed by atoms with Crippen LogP contribution < -0.4 is 14.4 Å². The lowest BCUT2D eigenvalue weighted by Crippen LogP contribution is -2.46. The Balaban J connectivity index is 1.52. The number of aliphatic carboxylic acids is 1. The van der Waals surface area contributed by atoms with Crippen molar-refractivity contribution in [2.24, 2.45) is 0 Å². The van der Waals surface area contributed by atoms with E-state index in [9.17, 15) is 14.3 Å². The topological polar surface area (TPSA) is 85.0 Å². The van der Waals surface area contributed by atoms with Crippen molar-refractivity contribution in [1.82, 2.24) is 4.98 Å². The first kappa shape index (κ1) is 20.8. The fourth-order valence-electron chi connectivity index (χ4n) is 4.10. The van der Waals surface area contributed by atoms with Crippen LogP contribution in [-0.4, -0.2) is 29.2 Å². The Kier molecular flexibility index (Phi) is 5.34. The standard InChI is InChI=1S/C25H21FN2O5/c1-31-21-10-7-16-13-28(25-27-19-9-8-17(26)11-22(19)33-25)20(24(29)30)12-18(16)23(21)32-14-15-5-3-2-4-6-15/h2-11,20H,12-14H2,1H3,(H,29,30). The number of carboxylic acid groups (broad SMARTS) is 1. The zero-order valence-corrected chi connectivity index (χ0v) is 17.8. The van der Waals surface area contributed by atoms with Crippen LogP contribution in [0.3, 0.4) is 0 Å². The van der Waals surface area contributed by atoms with Gasteiger partial charge in [-0.05, 0) is 29.3 Å². The maximum absolute atomic E-state index is 13.6. The van der Waals surface area contributed by atoms with Crippen LogP contribution in [0.15, 0.2) is 65.1 Å². The molecule has 0 saturated carbocycles. The van der Waals surface area contributed by atoms with E-state index in [-0.39, 0.29) is 24.6 Å². The summed E-state index contributed by atoms with van der Waals surface area (Å²) < 4.78 is 30.9. The zero-order valence-electron chi connectivity index (χ0n) is 17.8. The van der Waals surface area contributed by atoms with E-state index in [4.69, 9.17) is 13.9 Å². The van der Waals surface area contributed by atoms with E-state index in [1.807, 2.05) is 36.4 Å². The van der Waals surface area contributed by atoms with Crippen molar-refractivity contribution < 1.29 is 28.2 Å². The van der Waals surface area contributed by atoms with Gasteiger partial charge in [0.1, 0.15) is 24.0 Å². The van der Waals surface area contributed by atoms with Crippen molar-refractivity contribution in [3.63, 3.8) is 0 Å². The molecule has 1 unspecified atom stereocenters. The van der Waals surface area contributed by atoms with Gasteiger partial charge >= 0.3 is 5.97 Å². The number of oxazole rings is 1. The average Bonchev–Trinajstić information content (AvgIpc) is 3.25. The second kappa shape index (κ2) is 8.46. The van der Waals surface area contributed by atoms with Crippen molar-refractivity contribution in [1.29, 1.82) is 0 Å². The third kappa shape index (κ3) is 3.95. The summed E-state index contributed by atoms with van der Waals surface area (Å²) in [6.07, 6.45) is 0.166. The number of anilines is 1. The van der Waals surface area contributed by atoms with Gasteiger partial charge in [-0.25, -0.2) is 9.18 Å². The number of benzene rings is 3. The smallest absolute Gasteiger partial charge is 0.326 e. The van der Waals surface area contributed by atoms with Gasteiger partial charge in [0.05, 0.1) is 7.11 Å². The number of methoxy groups -OCH3 is 1. The number of hydrogen-bond acceptors (Lipinski definition) is 6. The lowest BCUT2D eigenvalue weighted by Gasteiger charge is -2.34. The largest absolute Gasteiger partial charge is 0.493 e. The van der Waals surface area contributed by atoms with Crippen LogP contribution >= 0.6 is 0 Å². The van der Waals surface area contributed by atoms with Crippen LogP contribution in [0, 0.1) is 5.82 Å². The fourth-order valence-corrected chi connectivity index (χ4v) is 4.10. The molecule has 2 heterocycles. The first-order chi connectivity index (χ1) is 16.0. The summed E-state index contributed by atoms with van der Waals surface area (Å²) in [7, 11) is 1.55. The van der Waals surface area contributed by atoms with Crippen molar-refractivity contribution in [2.45, 2.75) is 25.6 Å². The van der Waals surface area contributed by atoms with Gasteiger partial charge in [0, 0.05) is 24.6 Å². The van der Waals surface area contributed by atoms with E-state index in [1.165, 1.54) is 18.2 Å². The molecule has 5 rings (SSSR count). The van der Waals surface area contributed by atoms with Crippen molar-refractivity contribution in [3.8, 4) is 11.5 Å². The number of ether oxygens (including phenoxy) is 2. The molecule has 1 aliphatic rings. The number of halogens is 1. The molecule has 33 heavy (non-hydrogen) atoms. The third-order valence-electron chi connectivity index (χ3n) is 5.75. The van der Waals surface area contributed by atoms with Gasteiger partial charge in [0.25, 0.3) is 6.01 Å². The minimum absolute atomic E-state index is 0.135. The van der Waals surface area contributed by atoms with E-state index in [2.05, 4.69) is 4.98 Å². The molecule has 0 spiro atoms. The van der Waals surface area contributed by atoms with Crippen LogP contribution in [0.1, 0.15) is 16.7 Å². The van der Waals surface area contributed by atoms with Gasteiger partial charge in [-0.2, -0.15) is 4.98 Å². The molecular formula is C25H21FN2O5. The third-order valence-corrected chi connectivity index (χ3v) is 5.75. The molecule has 0 aliphatic carbocycles. The Labute approximate surface area is 189 Å².